The predicted octanol–water partition coefficient (Wildman–Crippen LogP) is 3.06. The van der Waals surface area contributed by atoms with Crippen molar-refractivity contribution >= 4 is 27.6 Å². The standard InChI is InChI=1S/C22H30N4O7S/c1-15(2)32-22(27)26-13-10-16(11-14-26)33-18-9-12-23-21(20(18)30-3)24-17-7-5-6-8-19(17)34(28,29)25-31-4/h5-9,12,15-16,25H,10-11,13-14H2,1-4H3,(H,23,24). The first-order valence-electron chi connectivity index (χ1n) is 10.8. The van der Waals surface area contributed by atoms with Gasteiger partial charge in [0.05, 0.1) is 26.0 Å². The number of hydrogen-bond donors (Lipinski definition) is 2. The number of rotatable bonds is 9. The topological polar surface area (TPSA) is 128 Å². The second-order valence-corrected chi connectivity index (χ2v) is 9.45. The highest BCUT2D eigenvalue weighted by Crippen LogP contribution is 2.37. The summed E-state index contributed by atoms with van der Waals surface area (Å²) in [7, 11) is -1.21. The average Bonchev–Trinajstić information content (AvgIpc) is 2.79. The molecule has 0 saturated carbocycles. The van der Waals surface area contributed by atoms with Crippen molar-refractivity contribution < 1.29 is 32.3 Å². The summed E-state index contributed by atoms with van der Waals surface area (Å²) in [5.41, 5.74) is 0.284. The van der Waals surface area contributed by atoms with E-state index < -0.39 is 10.0 Å². The molecule has 1 amide bonds. The molecular weight excluding hydrogens is 464 g/mol. The molecule has 1 aliphatic heterocycles. The first-order valence-corrected chi connectivity index (χ1v) is 12.3. The number of nitrogens with one attached hydrogen (secondary N) is 2. The van der Waals surface area contributed by atoms with Crippen molar-refractivity contribution in [3.8, 4) is 11.5 Å². The van der Waals surface area contributed by atoms with E-state index in [0.717, 1.165) is 0 Å². The number of benzene rings is 1. The Balaban J connectivity index is 1.75. The molecule has 1 aromatic heterocycles. The Hall–Kier alpha value is -3.09. The van der Waals surface area contributed by atoms with E-state index >= 15 is 0 Å². The second-order valence-electron chi connectivity index (χ2n) is 7.84. The minimum Gasteiger partial charge on any atom is -0.490 e. The largest absolute Gasteiger partial charge is 0.490 e. The second kappa shape index (κ2) is 11.4. The average molecular weight is 495 g/mol. The third-order valence-electron chi connectivity index (χ3n) is 5.03. The summed E-state index contributed by atoms with van der Waals surface area (Å²) in [6.45, 7) is 4.67. The summed E-state index contributed by atoms with van der Waals surface area (Å²) in [5, 5.41) is 3.01. The van der Waals surface area contributed by atoms with Crippen molar-refractivity contribution in [1.82, 2.24) is 14.8 Å². The van der Waals surface area contributed by atoms with Crippen molar-refractivity contribution in [3.63, 3.8) is 0 Å². The van der Waals surface area contributed by atoms with Crippen molar-refractivity contribution in [2.24, 2.45) is 0 Å². The lowest BCUT2D eigenvalue weighted by Gasteiger charge is -2.32. The zero-order valence-corrected chi connectivity index (χ0v) is 20.4. The van der Waals surface area contributed by atoms with Gasteiger partial charge in [-0.2, -0.15) is 0 Å². The van der Waals surface area contributed by atoms with E-state index in [1.54, 1.807) is 35.4 Å². The minimum absolute atomic E-state index is 0.0207. The van der Waals surface area contributed by atoms with Crippen LogP contribution in [0.4, 0.5) is 16.3 Å². The molecule has 34 heavy (non-hydrogen) atoms. The highest BCUT2D eigenvalue weighted by molar-refractivity contribution is 7.89. The van der Waals surface area contributed by atoms with Crippen molar-refractivity contribution in [2.75, 3.05) is 32.6 Å². The third-order valence-corrected chi connectivity index (χ3v) is 6.35. The van der Waals surface area contributed by atoms with Crippen molar-refractivity contribution in [2.45, 2.75) is 43.8 Å². The molecule has 12 heteroatoms. The Kier molecular flexibility index (Phi) is 8.53. The summed E-state index contributed by atoms with van der Waals surface area (Å²) >= 11 is 0. The molecule has 0 atom stereocenters. The smallest absolute Gasteiger partial charge is 0.410 e. The van der Waals surface area contributed by atoms with Crippen molar-refractivity contribution in [1.29, 1.82) is 0 Å². The van der Waals surface area contributed by atoms with E-state index in [1.165, 1.54) is 20.3 Å². The molecule has 0 unspecified atom stereocenters. The monoisotopic (exact) mass is 494 g/mol. The number of likely N-dealkylation sites (tertiary alicyclic amines) is 1. The molecule has 0 radical (unpaired) electrons. The van der Waals surface area contributed by atoms with Crippen LogP contribution in [0.3, 0.4) is 0 Å². The molecule has 11 nitrogen and oxygen atoms in total. The molecule has 1 fully saturated rings. The van der Waals surface area contributed by atoms with Gasteiger partial charge in [-0.1, -0.05) is 17.0 Å². The fourth-order valence-corrected chi connectivity index (χ4v) is 4.48. The molecule has 2 N–H and O–H groups in total. The first-order chi connectivity index (χ1) is 16.2. The number of aromatic nitrogens is 1. The highest BCUT2D eigenvalue weighted by Gasteiger charge is 2.27. The number of nitrogens with zero attached hydrogens (tertiary/aromatic N) is 2. The summed E-state index contributed by atoms with van der Waals surface area (Å²) in [6.07, 6.45) is 2.18. The van der Waals surface area contributed by atoms with Gasteiger partial charge in [-0.15, -0.1) is 0 Å². The highest BCUT2D eigenvalue weighted by atomic mass is 32.2. The molecule has 2 heterocycles. The lowest BCUT2D eigenvalue weighted by atomic mass is 10.1. The molecule has 3 rings (SSSR count). The number of carbonyl (C=O) groups is 1. The summed E-state index contributed by atoms with van der Waals surface area (Å²) < 4.78 is 41.9. The number of amides is 1. The number of anilines is 2. The molecule has 1 saturated heterocycles. The van der Waals surface area contributed by atoms with Gasteiger partial charge in [0.25, 0.3) is 10.0 Å². The number of ether oxygens (including phenoxy) is 3. The van der Waals surface area contributed by atoms with Crippen LogP contribution < -0.4 is 19.7 Å². The van der Waals surface area contributed by atoms with Gasteiger partial charge in [0.1, 0.15) is 11.0 Å². The summed E-state index contributed by atoms with van der Waals surface area (Å²) in [5.74, 6) is 1.08. The van der Waals surface area contributed by atoms with Crippen LogP contribution in [0.1, 0.15) is 26.7 Å². The number of hydrogen-bond acceptors (Lipinski definition) is 9. The lowest BCUT2D eigenvalue weighted by Crippen LogP contribution is -2.42. The van der Waals surface area contributed by atoms with Crippen LogP contribution in [-0.2, 0) is 19.6 Å². The number of methoxy groups -OCH3 is 1. The maximum atomic E-state index is 12.5. The number of piperidine rings is 1. The van der Waals surface area contributed by atoms with E-state index in [-0.39, 0.29) is 34.7 Å². The van der Waals surface area contributed by atoms with Gasteiger partial charge < -0.3 is 24.4 Å². The van der Waals surface area contributed by atoms with Crippen molar-refractivity contribution in [3.05, 3.63) is 36.5 Å². The molecule has 0 spiro atoms. The van der Waals surface area contributed by atoms with Gasteiger partial charge in [-0.25, -0.2) is 18.2 Å². The zero-order chi connectivity index (χ0) is 24.7. The van der Waals surface area contributed by atoms with Crippen LogP contribution in [-0.4, -0.2) is 63.9 Å². The van der Waals surface area contributed by atoms with Gasteiger partial charge in [0.2, 0.25) is 5.75 Å². The van der Waals surface area contributed by atoms with Gasteiger partial charge in [-0.05, 0) is 26.0 Å². The summed E-state index contributed by atoms with van der Waals surface area (Å²) in [4.78, 5) is 24.6. The van der Waals surface area contributed by atoms with Crippen LogP contribution in [0.15, 0.2) is 41.4 Å². The van der Waals surface area contributed by atoms with Crippen LogP contribution in [0, 0.1) is 0 Å². The first kappa shape index (κ1) is 25.5. The number of pyridine rings is 1. The maximum Gasteiger partial charge on any atom is 0.410 e. The zero-order valence-electron chi connectivity index (χ0n) is 19.6. The van der Waals surface area contributed by atoms with E-state index in [4.69, 9.17) is 14.2 Å². The van der Waals surface area contributed by atoms with E-state index in [1.807, 2.05) is 18.7 Å². The van der Waals surface area contributed by atoms with E-state index in [9.17, 15) is 13.2 Å². The Morgan fingerprint density at radius 1 is 1.15 bits per heavy atom. The Bertz CT molecular complexity index is 1090. The van der Waals surface area contributed by atoms with Gasteiger partial charge in [0, 0.05) is 38.2 Å². The van der Waals surface area contributed by atoms with Crippen LogP contribution in [0.5, 0.6) is 11.5 Å². The van der Waals surface area contributed by atoms with E-state index in [2.05, 4.69) is 15.1 Å². The Morgan fingerprint density at radius 3 is 2.50 bits per heavy atom. The number of sulfonamides is 1. The molecular formula is C22H30N4O7S. The molecule has 1 aromatic carbocycles. The molecule has 186 valence electrons. The summed E-state index contributed by atoms with van der Waals surface area (Å²) in [6, 6.07) is 8.01. The fourth-order valence-electron chi connectivity index (χ4n) is 3.51. The Morgan fingerprint density at radius 2 is 1.85 bits per heavy atom. The number of carbonyl (C=O) groups excluding carboxylic acids is 1. The molecule has 0 aliphatic carbocycles. The van der Waals surface area contributed by atoms with Gasteiger partial charge in [0.15, 0.2) is 11.6 Å². The van der Waals surface area contributed by atoms with Gasteiger partial charge in [-0.3, -0.25) is 4.84 Å². The van der Waals surface area contributed by atoms with Crippen LogP contribution in [0.25, 0.3) is 0 Å². The molecule has 1 aliphatic rings. The predicted molar refractivity (Wildman–Crippen MR) is 125 cm³/mol. The SMILES string of the molecule is CONS(=O)(=O)c1ccccc1Nc1nccc(OC2CCN(C(=O)OC(C)C)CC2)c1OC. The van der Waals surface area contributed by atoms with E-state index in [0.29, 0.717) is 37.4 Å². The fraction of sp³-hybridized carbons (Fsp3) is 0.455. The van der Waals surface area contributed by atoms with Crippen LogP contribution >= 0.6 is 0 Å². The normalized spacial score (nSPS) is 14.7. The number of para-hydroxylation sites is 1. The molecule has 0 bridgehead atoms. The quantitative estimate of drug-likeness (QED) is 0.505. The lowest BCUT2D eigenvalue weighted by molar-refractivity contribution is 0.0511. The van der Waals surface area contributed by atoms with Gasteiger partial charge >= 0.3 is 6.09 Å². The Labute approximate surface area is 199 Å². The van der Waals surface area contributed by atoms with Crippen LogP contribution in [0.2, 0.25) is 0 Å². The maximum absolute atomic E-state index is 12.5. The molecule has 2 aromatic rings. The minimum atomic E-state index is -3.91. The third kappa shape index (κ3) is 6.27.